The molecule has 0 saturated carbocycles. The van der Waals surface area contributed by atoms with E-state index in [0.29, 0.717) is 0 Å². The Hall–Kier alpha value is -9.90. The van der Waals surface area contributed by atoms with E-state index in [4.69, 9.17) is 9.97 Å². The second kappa shape index (κ2) is 14.2. The summed E-state index contributed by atoms with van der Waals surface area (Å²) in [6.07, 6.45) is 0. The molecule has 18 rings (SSSR count). The lowest BCUT2D eigenvalue weighted by atomic mass is 9.70. The van der Waals surface area contributed by atoms with E-state index in [1.807, 2.05) is 0 Å². The Morgan fingerprint density at radius 2 is 0.640 bits per heavy atom. The van der Waals surface area contributed by atoms with Gasteiger partial charge in [0.05, 0.1) is 27.5 Å². The third kappa shape index (κ3) is 4.92. The normalized spacial score (nSPS) is 13.4. The van der Waals surface area contributed by atoms with Crippen LogP contribution in [-0.4, -0.2) is 19.1 Å². The molecule has 2 heterocycles. The zero-order valence-corrected chi connectivity index (χ0v) is 40.4. The molecule has 2 aromatic heterocycles. The SMILES string of the molecule is c1ccc(-n2c(-c3ccc4c(c3)C3(c5ccccc5-c5ccccc53)c3cc(-c5nc6c7cccc8ccc9cccc(c9c87)c6n5-c5ccccc5)ccc3-4)nc3c4cccc5ccc6cccc(c6c54)c32)cc1. The Kier molecular flexibility index (Phi) is 7.51. The van der Waals surface area contributed by atoms with Crippen molar-refractivity contribution >= 4 is 86.7 Å². The molecule has 2 aliphatic rings. The van der Waals surface area contributed by atoms with E-state index in [1.165, 1.54) is 109 Å². The van der Waals surface area contributed by atoms with E-state index in [-0.39, 0.29) is 0 Å². The summed E-state index contributed by atoms with van der Waals surface area (Å²) in [5.74, 6) is 1.84. The molecule has 1 spiro atoms. The summed E-state index contributed by atoms with van der Waals surface area (Å²) in [6.45, 7) is 0. The first-order valence-electron chi connectivity index (χ1n) is 26.0. The second-order valence-electron chi connectivity index (χ2n) is 20.7. The van der Waals surface area contributed by atoms with Crippen molar-refractivity contribution in [2.45, 2.75) is 5.41 Å². The van der Waals surface area contributed by atoms with E-state index in [2.05, 4.69) is 252 Å². The number of benzene rings is 14. The summed E-state index contributed by atoms with van der Waals surface area (Å²) in [5, 5.41) is 14.8. The van der Waals surface area contributed by atoms with Crippen LogP contribution in [0.15, 0.2) is 243 Å². The Labute approximate surface area is 430 Å². The molecule has 16 aromatic rings. The number of para-hydroxylation sites is 2. The number of hydrogen-bond donors (Lipinski definition) is 0. The quantitative estimate of drug-likeness (QED) is 0.165. The second-order valence-corrected chi connectivity index (χ2v) is 20.7. The molecule has 0 bridgehead atoms. The highest BCUT2D eigenvalue weighted by Crippen LogP contribution is 2.64. The molecule has 0 saturated heterocycles. The lowest BCUT2D eigenvalue weighted by Gasteiger charge is -2.31. The summed E-state index contributed by atoms with van der Waals surface area (Å²) >= 11 is 0. The van der Waals surface area contributed by atoms with Crippen LogP contribution in [0.3, 0.4) is 0 Å². The van der Waals surface area contributed by atoms with Crippen molar-refractivity contribution in [3.05, 3.63) is 265 Å². The number of fused-ring (bicyclic) bond motifs is 16. The van der Waals surface area contributed by atoms with Gasteiger partial charge < -0.3 is 0 Å². The molecule has 4 nitrogen and oxygen atoms in total. The summed E-state index contributed by atoms with van der Waals surface area (Å²) in [7, 11) is 0. The number of imidazole rings is 2. The number of rotatable bonds is 4. The van der Waals surface area contributed by atoms with Gasteiger partial charge in [-0.15, -0.1) is 0 Å². The molecule has 0 N–H and O–H groups in total. The van der Waals surface area contributed by atoms with Crippen molar-refractivity contribution in [1.29, 1.82) is 0 Å². The van der Waals surface area contributed by atoms with Crippen LogP contribution in [0.1, 0.15) is 22.3 Å². The van der Waals surface area contributed by atoms with E-state index in [0.717, 1.165) is 56.2 Å². The van der Waals surface area contributed by atoms with Crippen LogP contribution in [-0.2, 0) is 5.41 Å². The molecule has 75 heavy (non-hydrogen) atoms. The third-order valence-corrected chi connectivity index (χ3v) is 17.2. The topological polar surface area (TPSA) is 35.6 Å². The van der Waals surface area contributed by atoms with E-state index in [1.54, 1.807) is 0 Å². The molecular formula is C71H40N4. The summed E-state index contributed by atoms with van der Waals surface area (Å²) in [6, 6.07) is 90.1. The van der Waals surface area contributed by atoms with Gasteiger partial charge in [-0.25, -0.2) is 9.97 Å². The molecule has 2 aliphatic carbocycles. The van der Waals surface area contributed by atoms with E-state index < -0.39 is 5.41 Å². The first kappa shape index (κ1) is 39.7. The van der Waals surface area contributed by atoms with Crippen molar-refractivity contribution in [3.8, 4) is 56.4 Å². The Morgan fingerprint density at radius 3 is 1.07 bits per heavy atom. The minimum atomic E-state index is -0.641. The predicted octanol–water partition coefficient (Wildman–Crippen LogP) is 17.8. The van der Waals surface area contributed by atoms with Crippen LogP contribution >= 0.6 is 0 Å². The maximum Gasteiger partial charge on any atom is 0.145 e. The minimum Gasteiger partial charge on any atom is -0.292 e. The number of hydrogen-bond acceptors (Lipinski definition) is 2. The fraction of sp³-hybridized carbons (Fsp3) is 0.0141. The molecule has 0 radical (unpaired) electrons. The standard InChI is InChI=1S/C71H40N4/c1-3-19-47(20-4-1)74-67-55-27-13-17-43-33-31-41-15-11-25-53(61(41)63(43)55)65(67)72-69(74)45-35-37-51-52-38-36-46(40-60(52)71(59(51)39-45)57-29-9-7-23-49(57)50-24-8-10-30-58(50)71)70-73-66-54-26-12-16-42-32-34-44-18-14-28-56(64(44)62(42)54)68(66)75(70)48-21-5-2-6-22-48/h1-40H. The maximum absolute atomic E-state index is 5.81. The predicted molar refractivity (Wildman–Crippen MR) is 310 cm³/mol. The molecule has 0 unspecified atom stereocenters. The summed E-state index contributed by atoms with van der Waals surface area (Å²) in [5.41, 5.74) is 18.0. The van der Waals surface area contributed by atoms with Gasteiger partial charge in [0.25, 0.3) is 0 Å². The Morgan fingerprint density at radius 1 is 0.280 bits per heavy atom. The highest BCUT2D eigenvalue weighted by atomic mass is 15.1. The summed E-state index contributed by atoms with van der Waals surface area (Å²) in [4.78, 5) is 11.6. The van der Waals surface area contributed by atoms with Gasteiger partial charge in [0.2, 0.25) is 0 Å². The van der Waals surface area contributed by atoms with Crippen LogP contribution in [0.5, 0.6) is 0 Å². The van der Waals surface area contributed by atoms with Crippen LogP contribution in [0, 0.1) is 0 Å². The monoisotopic (exact) mass is 948 g/mol. The van der Waals surface area contributed by atoms with Gasteiger partial charge in [0.1, 0.15) is 11.6 Å². The first-order chi connectivity index (χ1) is 37.2. The molecule has 0 atom stereocenters. The van der Waals surface area contributed by atoms with Gasteiger partial charge >= 0.3 is 0 Å². The molecule has 0 aliphatic heterocycles. The minimum absolute atomic E-state index is 0.641. The zero-order chi connectivity index (χ0) is 48.7. The van der Waals surface area contributed by atoms with E-state index >= 15 is 0 Å². The van der Waals surface area contributed by atoms with Crippen LogP contribution in [0.2, 0.25) is 0 Å². The van der Waals surface area contributed by atoms with Gasteiger partial charge in [-0.1, -0.05) is 206 Å². The number of aromatic nitrogens is 4. The Balaban J connectivity index is 0.939. The van der Waals surface area contributed by atoms with Crippen LogP contribution < -0.4 is 0 Å². The van der Waals surface area contributed by atoms with Gasteiger partial charge in [-0.05, 0) is 124 Å². The van der Waals surface area contributed by atoms with Gasteiger partial charge in [0, 0.05) is 44.0 Å². The van der Waals surface area contributed by atoms with Crippen LogP contribution in [0.4, 0.5) is 0 Å². The van der Waals surface area contributed by atoms with Crippen molar-refractivity contribution < 1.29 is 0 Å². The average Bonchev–Trinajstić information content (AvgIpc) is 4.33. The van der Waals surface area contributed by atoms with Gasteiger partial charge in [0.15, 0.2) is 0 Å². The van der Waals surface area contributed by atoms with Crippen molar-refractivity contribution in [3.63, 3.8) is 0 Å². The smallest absolute Gasteiger partial charge is 0.145 e. The van der Waals surface area contributed by atoms with E-state index in [9.17, 15) is 0 Å². The lowest BCUT2D eigenvalue weighted by molar-refractivity contribution is 0.794. The van der Waals surface area contributed by atoms with Crippen molar-refractivity contribution in [1.82, 2.24) is 19.1 Å². The molecule has 0 fully saturated rings. The maximum atomic E-state index is 5.81. The van der Waals surface area contributed by atoms with Crippen molar-refractivity contribution in [2.75, 3.05) is 0 Å². The first-order valence-corrected chi connectivity index (χ1v) is 26.0. The third-order valence-electron chi connectivity index (χ3n) is 17.2. The zero-order valence-electron chi connectivity index (χ0n) is 40.4. The van der Waals surface area contributed by atoms with Gasteiger partial charge in [-0.2, -0.15) is 0 Å². The van der Waals surface area contributed by atoms with Gasteiger partial charge in [-0.3, -0.25) is 9.13 Å². The average molecular weight is 949 g/mol. The molecule has 14 aromatic carbocycles. The lowest BCUT2D eigenvalue weighted by Crippen LogP contribution is -2.26. The largest absolute Gasteiger partial charge is 0.292 e. The number of nitrogens with zero attached hydrogens (tertiary/aromatic N) is 4. The van der Waals surface area contributed by atoms with Crippen molar-refractivity contribution in [2.24, 2.45) is 0 Å². The van der Waals surface area contributed by atoms with Crippen LogP contribution in [0.25, 0.3) is 143 Å². The molecule has 0 amide bonds. The highest BCUT2D eigenvalue weighted by Gasteiger charge is 2.52. The molecule has 344 valence electrons. The summed E-state index contributed by atoms with van der Waals surface area (Å²) < 4.78 is 4.85. The fourth-order valence-corrected chi connectivity index (χ4v) is 14.3. The molecular weight excluding hydrogens is 909 g/mol. The highest BCUT2D eigenvalue weighted by molar-refractivity contribution is 6.34. The fourth-order valence-electron chi connectivity index (χ4n) is 14.3. The Bertz CT molecular complexity index is 4790. The molecule has 4 heteroatoms.